The normalized spacial score (nSPS) is 11.3. The van der Waals surface area contributed by atoms with Crippen molar-refractivity contribution in [3.8, 4) is 0 Å². The summed E-state index contributed by atoms with van der Waals surface area (Å²) in [7, 11) is 5.61. The number of esters is 2. The maximum absolute atomic E-state index is 11.7. The van der Waals surface area contributed by atoms with Crippen molar-refractivity contribution < 1.29 is 28.5 Å². The number of nitrogens with zero attached hydrogens (tertiary/aromatic N) is 1. The Balaban J connectivity index is 0. The Bertz CT molecular complexity index is 974. The smallest absolute Gasteiger partial charge is 0.331 e. The lowest BCUT2D eigenvalue weighted by molar-refractivity contribution is -0.146. The number of rotatable bonds is 7. The number of nitrogens with one attached hydrogen (secondary N) is 1. The first kappa shape index (κ1) is 33.4. The minimum absolute atomic E-state index is 0. The SMILES string of the molecule is C.COCC(Br)C(=O)OC.COCC(C(=O)OC)n1ccc(C)cc1=O.Cc1cc[nH]c(=O)c1. The molecule has 0 aliphatic carbocycles. The molecule has 2 heterocycles. The van der Waals surface area contributed by atoms with Crippen LogP contribution in [0.4, 0.5) is 0 Å². The van der Waals surface area contributed by atoms with Crippen LogP contribution in [0.15, 0.2) is 46.2 Å². The quantitative estimate of drug-likeness (QED) is 0.414. The molecule has 2 rings (SSSR count). The van der Waals surface area contributed by atoms with Crippen LogP contribution in [0.1, 0.15) is 24.6 Å². The average Bonchev–Trinajstić information content (AvgIpc) is 2.77. The van der Waals surface area contributed by atoms with Crippen LogP contribution in [0.3, 0.4) is 0 Å². The number of H-pyrrole nitrogens is 1. The highest BCUT2D eigenvalue weighted by Gasteiger charge is 2.21. The number of hydrogen-bond donors (Lipinski definition) is 1. The van der Waals surface area contributed by atoms with E-state index in [-0.39, 0.29) is 35.9 Å². The third-order valence-corrected chi connectivity index (χ3v) is 4.58. The number of carbonyl (C=O) groups excluding carboxylic acids is 2. The van der Waals surface area contributed by atoms with Gasteiger partial charge in [-0.1, -0.05) is 23.4 Å². The van der Waals surface area contributed by atoms with Gasteiger partial charge in [0.15, 0.2) is 6.04 Å². The molecule has 11 heteroatoms. The molecule has 0 saturated carbocycles. The highest BCUT2D eigenvalue weighted by molar-refractivity contribution is 9.10. The number of ether oxygens (including phenoxy) is 4. The van der Waals surface area contributed by atoms with Gasteiger partial charge in [0.1, 0.15) is 4.83 Å². The predicted molar refractivity (Wildman–Crippen MR) is 134 cm³/mol. The molecule has 2 atom stereocenters. The molecule has 0 saturated heterocycles. The molecule has 0 bridgehead atoms. The van der Waals surface area contributed by atoms with Crippen molar-refractivity contribution in [3.63, 3.8) is 0 Å². The molecule has 2 unspecified atom stereocenters. The van der Waals surface area contributed by atoms with Gasteiger partial charge in [-0.2, -0.15) is 0 Å². The number of alkyl halides is 1. The minimum Gasteiger partial charge on any atom is -0.468 e. The summed E-state index contributed by atoms with van der Waals surface area (Å²) in [4.78, 5) is 46.3. The zero-order valence-electron chi connectivity index (χ0n) is 19.6. The lowest BCUT2D eigenvalue weighted by Crippen LogP contribution is -2.32. The molecule has 0 fully saturated rings. The van der Waals surface area contributed by atoms with Gasteiger partial charge in [-0.15, -0.1) is 0 Å². The maximum atomic E-state index is 11.7. The van der Waals surface area contributed by atoms with Gasteiger partial charge in [-0.25, -0.2) is 4.79 Å². The van der Waals surface area contributed by atoms with Crippen LogP contribution in [-0.4, -0.2) is 68.0 Å². The number of methoxy groups -OCH3 is 4. The van der Waals surface area contributed by atoms with Gasteiger partial charge in [0.05, 0.1) is 27.4 Å². The summed E-state index contributed by atoms with van der Waals surface area (Å²) in [5, 5.41) is 0. The van der Waals surface area contributed by atoms with Crippen LogP contribution in [0, 0.1) is 13.8 Å². The van der Waals surface area contributed by atoms with Crippen molar-refractivity contribution >= 4 is 27.9 Å². The van der Waals surface area contributed by atoms with E-state index in [0.717, 1.165) is 11.1 Å². The monoisotopic (exact) mass is 546 g/mol. The van der Waals surface area contributed by atoms with Crippen LogP contribution < -0.4 is 11.1 Å². The number of pyridine rings is 2. The molecule has 2 aromatic heterocycles. The fourth-order valence-corrected chi connectivity index (χ4v) is 2.75. The second kappa shape index (κ2) is 18.6. The molecule has 0 aliphatic heterocycles. The number of aromatic amines is 1. The lowest BCUT2D eigenvalue weighted by Gasteiger charge is -2.16. The minimum atomic E-state index is -0.733. The lowest BCUT2D eigenvalue weighted by atomic mass is 10.2. The fourth-order valence-electron chi connectivity index (χ4n) is 2.30. The summed E-state index contributed by atoms with van der Waals surface area (Å²) < 4.78 is 19.9. The predicted octanol–water partition coefficient (Wildman–Crippen LogP) is 2.41. The molecule has 0 amide bonds. The van der Waals surface area contributed by atoms with Gasteiger partial charge in [0.2, 0.25) is 5.56 Å². The van der Waals surface area contributed by atoms with Crippen LogP contribution in [-0.2, 0) is 28.5 Å². The van der Waals surface area contributed by atoms with Crippen molar-refractivity contribution in [2.75, 3.05) is 41.7 Å². The Hall–Kier alpha value is -2.76. The zero-order valence-corrected chi connectivity index (χ0v) is 21.2. The van der Waals surface area contributed by atoms with Gasteiger partial charge < -0.3 is 23.9 Å². The maximum Gasteiger partial charge on any atom is 0.331 e. The first-order valence-electron chi connectivity index (χ1n) is 9.72. The number of carbonyl (C=O) groups is 2. The van der Waals surface area contributed by atoms with Crippen LogP contribution >= 0.6 is 15.9 Å². The van der Waals surface area contributed by atoms with E-state index in [1.54, 1.807) is 24.5 Å². The third kappa shape index (κ3) is 13.1. The fraction of sp³-hybridized carbons (Fsp3) is 0.478. The number of aromatic nitrogens is 2. The van der Waals surface area contributed by atoms with Gasteiger partial charge in [0.25, 0.3) is 5.56 Å². The highest BCUT2D eigenvalue weighted by atomic mass is 79.9. The summed E-state index contributed by atoms with van der Waals surface area (Å²) in [5.41, 5.74) is 1.56. The molecule has 10 nitrogen and oxygen atoms in total. The number of halogens is 1. The van der Waals surface area contributed by atoms with Gasteiger partial charge >= 0.3 is 11.9 Å². The summed E-state index contributed by atoms with van der Waals surface area (Å²) >= 11 is 3.06. The number of aryl methyl sites for hydroxylation is 2. The van der Waals surface area contributed by atoms with Gasteiger partial charge in [0, 0.05) is 38.7 Å². The highest BCUT2D eigenvalue weighted by Crippen LogP contribution is 2.07. The molecule has 34 heavy (non-hydrogen) atoms. The molecule has 0 radical (unpaired) electrons. The summed E-state index contributed by atoms with van der Waals surface area (Å²) in [6.45, 7) is 4.15. The van der Waals surface area contributed by atoms with Crippen LogP contribution in [0.2, 0.25) is 0 Å². The van der Waals surface area contributed by atoms with E-state index in [1.807, 2.05) is 19.9 Å². The summed E-state index contributed by atoms with van der Waals surface area (Å²) in [5.74, 6) is -0.801. The average molecular weight is 547 g/mol. The molecule has 192 valence electrons. The van der Waals surface area contributed by atoms with Gasteiger partial charge in [-0.3, -0.25) is 19.0 Å². The van der Waals surface area contributed by atoms with Crippen LogP contribution in [0.25, 0.3) is 0 Å². The van der Waals surface area contributed by atoms with E-state index in [1.165, 1.54) is 39.1 Å². The summed E-state index contributed by atoms with van der Waals surface area (Å²) in [6, 6.07) is 5.89. The Morgan fingerprint density at radius 2 is 1.50 bits per heavy atom. The zero-order chi connectivity index (χ0) is 25.4. The van der Waals surface area contributed by atoms with Crippen molar-refractivity contribution in [2.24, 2.45) is 0 Å². The first-order valence-corrected chi connectivity index (χ1v) is 10.6. The van der Waals surface area contributed by atoms with E-state index in [0.29, 0.717) is 6.61 Å². The van der Waals surface area contributed by atoms with Crippen molar-refractivity contribution in [2.45, 2.75) is 32.1 Å². The van der Waals surface area contributed by atoms with Gasteiger partial charge in [-0.05, 0) is 37.1 Å². The van der Waals surface area contributed by atoms with E-state index in [9.17, 15) is 19.2 Å². The van der Waals surface area contributed by atoms with E-state index in [2.05, 4.69) is 35.1 Å². The van der Waals surface area contributed by atoms with E-state index < -0.39 is 12.0 Å². The molecular formula is C23H35BrN2O8. The second-order valence-corrected chi connectivity index (χ2v) is 7.73. The van der Waals surface area contributed by atoms with E-state index in [4.69, 9.17) is 4.74 Å². The first-order chi connectivity index (χ1) is 15.6. The Morgan fingerprint density at radius 1 is 0.941 bits per heavy atom. The van der Waals surface area contributed by atoms with E-state index >= 15 is 0 Å². The Morgan fingerprint density at radius 3 is 1.91 bits per heavy atom. The molecule has 0 aromatic carbocycles. The second-order valence-electron chi connectivity index (χ2n) is 6.62. The Labute approximate surface area is 208 Å². The van der Waals surface area contributed by atoms with Crippen LogP contribution in [0.5, 0.6) is 0 Å². The van der Waals surface area contributed by atoms with Crippen molar-refractivity contribution in [3.05, 3.63) is 68.5 Å². The van der Waals surface area contributed by atoms with Crippen molar-refractivity contribution in [1.82, 2.24) is 9.55 Å². The largest absolute Gasteiger partial charge is 0.468 e. The third-order valence-electron chi connectivity index (χ3n) is 3.94. The molecule has 2 aromatic rings. The molecule has 0 spiro atoms. The standard InChI is InChI=1S/C11H15NO4.C6H7NO.C5H9BrO3.CH4/c1-8-4-5-12(10(13)6-8)9(7-15-2)11(14)16-3;1-5-2-3-7-6(8)4-5;1-8-3-4(6)5(7)9-2;/h4-6,9H,7H2,1-3H3;2-4H,1H3,(H,7,8);4H,3H2,1-2H3;1H4. The molecule has 1 N–H and O–H groups in total. The number of hydrogen-bond acceptors (Lipinski definition) is 8. The Kier molecular flexibility index (Phi) is 18.3. The van der Waals surface area contributed by atoms with Crippen molar-refractivity contribution in [1.29, 1.82) is 0 Å². The summed E-state index contributed by atoms with van der Waals surface area (Å²) in [6.07, 6.45) is 3.20. The topological polar surface area (TPSA) is 126 Å². The molecule has 0 aliphatic rings. The molecular weight excluding hydrogens is 512 g/mol.